The van der Waals surface area contributed by atoms with E-state index in [0.29, 0.717) is 17.9 Å². The van der Waals surface area contributed by atoms with Crippen molar-refractivity contribution in [1.29, 1.82) is 10.5 Å². The molecule has 0 saturated heterocycles. The van der Waals surface area contributed by atoms with Gasteiger partial charge in [0, 0.05) is 23.7 Å². The van der Waals surface area contributed by atoms with Crippen LogP contribution in [0.1, 0.15) is 62.9 Å². The Morgan fingerprint density at radius 2 is 1.85 bits per heavy atom. The van der Waals surface area contributed by atoms with Crippen LogP contribution in [0.5, 0.6) is 5.88 Å². The summed E-state index contributed by atoms with van der Waals surface area (Å²) in [7, 11) is 0. The number of hydrogen-bond acceptors (Lipinski definition) is 8. The lowest BCUT2D eigenvalue weighted by molar-refractivity contribution is 0.399. The predicted octanol–water partition coefficient (Wildman–Crippen LogP) is 4.70. The maximum Gasteiger partial charge on any atom is 0.281 e. The molecule has 0 aliphatic carbocycles. The van der Waals surface area contributed by atoms with E-state index in [9.17, 15) is 20.4 Å². The summed E-state index contributed by atoms with van der Waals surface area (Å²) in [6.45, 7) is 9.50. The molecule has 10 heteroatoms. The Labute approximate surface area is 197 Å². The van der Waals surface area contributed by atoms with Crippen LogP contribution in [0.15, 0.2) is 39.4 Å². The first kappa shape index (κ1) is 24.3. The zero-order valence-corrected chi connectivity index (χ0v) is 19.9. The third kappa shape index (κ3) is 4.44. The summed E-state index contributed by atoms with van der Waals surface area (Å²) in [6, 6.07) is 9.35. The first-order valence-corrected chi connectivity index (χ1v) is 10.9. The standard InChI is InChI=1S/C24H26N8O2/c1-6-7-12-31-22(33)16(13-25)15(2)19(23(31)34)28-29-21-17(14-26)20(24(3,4)5)30-32(21)18-10-8-9-11-27-18/h8-11,33H,6-7,12H2,1-5H3. The number of azo groups is 1. The van der Waals surface area contributed by atoms with E-state index < -0.39 is 11.0 Å². The van der Waals surface area contributed by atoms with Crippen LogP contribution >= 0.6 is 0 Å². The Bertz CT molecular complexity index is 1380. The first-order valence-electron chi connectivity index (χ1n) is 10.9. The van der Waals surface area contributed by atoms with E-state index in [1.54, 1.807) is 24.4 Å². The Hall–Kier alpha value is -4.31. The largest absolute Gasteiger partial charge is 0.493 e. The molecule has 0 atom stereocenters. The molecule has 3 aromatic heterocycles. The van der Waals surface area contributed by atoms with Crippen LogP contribution in [0, 0.1) is 29.6 Å². The summed E-state index contributed by atoms with van der Waals surface area (Å²) >= 11 is 0. The average Bonchev–Trinajstić information content (AvgIpc) is 3.19. The molecule has 34 heavy (non-hydrogen) atoms. The molecule has 0 fully saturated rings. The highest BCUT2D eigenvalue weighted by molar-refractivity contribution is 5.59. The van der Waals surface area contributed by atoms with Crippen LogP contribution in [0.3, 0.4) is 0 Å². The lowest BCUT2D eigenvalue weighted by atomic mass is 9.90. The lowest BCUT2D eigenvalue weighted by Gasteiger charge is -2.14. The number of nitrogens with zero attached hydrogens (tertiary/aromatic N) is 8. The van der Waals surface area contributed by atoms with Gasteiger partial charge in [0.1, 0.15) is 23.3 Å². The number of aromatic nitrogens is 4. The molecule has 0 bridgehead atoms. The minimum absolute atomic E-state index is 0.0428. The normalized spacial score (nSPS) is 11.5. The van der Waals surface area contributed by atoms with E-state index in [1.165, 1.54) is 11.6 Å². The minimum atomic E-state index is -0.565. The topological polar surface area (TPSA) is 145 Å². The fraction of sp³-hybridized carbons (Fsp3) is 0.375. The van der Waals surface area contributed by atoms with Crippen molar-refractivity contribution in [3.63, 3.8) is 0 Å². The van der Waals surface area contributed by atoms with Crippen molar-refractivity contribution < 1.29 is 5.11 Å². The second kappa shape index (κ2) is 9.67. The predicted molar refractivity (Wildman–Crippen MR) is 126 cm³/mol. The summed E-state index contributed by atoms with van der Waals surface area (Å²) in [5.74, 6) is 0.171. The Morgan fingerprint density at radius 1 is 1.15 bits per heavy atom. The number of nitriles is 2. The molecule has 0 aromatic carbocycles. The summed E-state index contributed by atoms with van der Waals surface area (Å²) in [5, 5.41) is 43.0. The van der Waals surface area contributed by atoms with Crippen LogP contribution in [-0.4, -0.2) is 24.4 Å². The number of rotatable bonds is 6. The molecule has 1 N–H and O–H groups in total. The second-order valence-electron chi connectivity index (χ2n) is 8.80. The van der Waals surface area contributed by atoms with E-state index in [-0.39, 0.29) is 40.6 Å². The first-order chi connectivity index (χ1) is 16.1. The van der Waals surface area contributed by atoms with Gasteiger partial charge in [0.05, 0.1) is 5.69 Å². The molecule has 0 amide bonds. The monoisotopic (exact) mass is 458 g/mol. The molecule has 0 unspecified atom stereocenters. The summed E-state index contributed by atoms with van der Waals surface area (Å²) in [5.41, 5.74) is -0.228. The molecular weight excluding hydrogens is 432 g/mol. The molecule has 0 spiro atoms. The van der Waals surface area contributed by atoms with Crippen LogP contribution in [-0.2, 0) is 12.0 Å². The molecule has 3 rings (SSSR count). The van der Waals surface area contributed by atoms with E-state index >= 15 is 0 Å². The van der Waals surface area contributed by atoms with Gasteiger partial charge < -0.3 is 5.11 Å². The highest BCUT2D eigenvalue weighted by Crippen LogP contribution is 2.34. The zero-order valence-electron chi connectivity index (χ0n) is 19.9. The van der Waals surface area contributed by atoms with E-state index in [1.807, 2.05) is 33.8 Å². The summed E-state index contributed by atoms with van der Waals surface area (Å²) in [4.78, 5) is 17.4. The van der Waals surface area contributed by atoms with Crippen molar-refractivity contribution in [1.82, 2.24) is 19.3 Å². The van der Waals surface area contributed by atoms with Crippen LogP contribution in [0.2, 0.25) is 0 Å². The number of pyridine rings is 2. The smallest absolute Gasteiger partial charge is 0.281 e. The SMILES string of the molecule is CCCCn1c(O)c(C#N)c(C)c(N=Nc2c(C#N)c(C(C)(C)C)nn2-c2ccccn2)c1=O. The van der Waals surface area contributed by atoms with Crippen molar-refractivity contribution in [3.8, 4) is 23.8 Å². The molecule has 3 aromatic rings. The molecule has 174 valence electrons. The van der Waals surface area contributed by atoms with Crippen LogP contribution < -0.4 is 5.56 Å². The molecule has 0 radical (unpaired) electrons. The van der Waals surface area contributed by atoms with E-state index in [0.717, 1.165) is 11.0 Å². The number of unbranched alkanes of at least 4 members (excludes halogenated alkanes) is 1. The van der Waals surface area contributed by atoms with Gasteiger partial charge in [0.15, 0.2) is 17.3 Å². The van der Waals surface area contributed by atoms with Crippen molar-refractivity contribution >= 4 is 11.5 Å². The highest BCUT2D eigenvalue weighted by Gasteiger charge is 2.28. The second-order valence-corrected chi connectivity index (χ2v) is 8.80. The maximum absolute atomic E-state index is 13.1. The third-order valence-electron chi connectivity index (χ3n) is 5.30. The molecule has 0 aliphatic heterocycles. The van der Waals surface area contributed by atoms with Gasteiger partial charge in [-0.05, 0) is 25.5 Å². The quantitative estimate of drug-likeness (QED) is 0.530. The summed E-state index contributed by atoms with van der Waals surface area (Å²) < 4.78 is 2.55. The summed E-state index contributed by atoms with van der Waals surface area (Å²) in [6.07, 6.45) is 3.03. The maximum atomic E-state index is 13.1. The Morgan fingerprint density at radius 3 is 2.41 bits per heavy atom. The molecule has 10 nitrogen and oxygen atoms in total. The Kier molecular flexibility index (Phi) is 6.92. The van der Waals surface area contributed by atoms with Gasteiger partial charge in [0.2, 0.25) is 5.88 Å². The third-order valence-corrected chi connectivity index (χ3v) is 5.30. The van der Waals surface area contributed by atoms with Crippen molar-refractivity contribution in [3.05, 3.63) is 57.1 Å². The van der Waals surface area contributed by atoms with Gasteiger partial charge in [-0.2, -0.15) is 20.3 Å². The van der Waals surface area contributed by atoms with Crippen LogP contribution in [0.25, 0.3) is 5.82 Å². The van der Waals surface area contributed by atoms with E-state index in [4.69, 9.17) is 0 Å². The van der Waals surface area contributed by atoms with Crippen molar-refractivity contribution in [2.45, 2.75) is 59.4 Å². The lowest BCUT2D eigenvalue weighted by Crippen LogP contribution is -2.22. The molecular formula is C24H26N8O2. The molecule has 0 saturated carbocycles. The van der Waals surface area contributed by atoms with E-state index in [2.05, 4.69) is 26.4 Å². The number of aromatic hydroxyl groups is 1. The highest BCUT2D eigenvalue weighted by atomic mass is 16.3. The van der Waals surface area contributed by atoms with Crippen molar-refractivity contribution in [2.75, 3.05) is 0 Å². The minimum Gasteiger partial charge on any atom is -0.493 e. The average molecular weight is 459 g/mol. The molecule has 3 heterocycles. The molecule has 0 aliphatic rings. The van der Waals surface area contributed by atoms with Gasteiger partial charge in [0.25, 0.3) is 5.56 Å². The van der Waals surface area contributed by atoms with Gasteiger partial charge in [-0.25, -0.2) is 4.98 Å². The van der Waals surface area contributed by atoms with Crippen molar-refractivity contribution in [2.24, 2.45) is 10.2 Å². The Balaban J connectivity index is 2.28. The van der Waals surface area contributed by atoms with Crippen LogP contribution in [0.4, 0.5) is 11.5 Å². The zero-order chi connectivity index (χ0) is 25.0. The number of hydrogen-bond donors (Lipinski definition) is 1. The fourth-order valence-corrected chi connectivity index (χ4v) is 3.45. The van der Waals surface area contributed by atoms with Gasteiger partial charge in [-0.3, -0.25) is 9.36 Å². The van der Waals surface area contributed by atoms with Gasteiger partial charge in [-0.15, -0.1) is 10.2 Å². The van der Waals surface area contributed by atoms with Gasteiger partial charge in [-0.1, -0.05) is 40.2 Å². The van der Waals surface area contributed by atoms with Gasteiger partial charge >= 0.3 is 0 Å². The fourth-order valence-electron chi connectivity index (χ4n) is 3.45.